The van der Waals surface area contributed by atoms with Crippen LogP contribution >= 0.6 is 23.5 Å². The van der Waals surface area contributed by atoms with Gasteiger partial charge in [0.1, 0.15) is 6.61 Å². The Bertz CT molecular complexity index is 195. The van der Waals surface area contributed by atoms with Gasteiger partial charge in [-0.3, -0.25) is 9.59 Å². The van der Waals surface area contributed by atoms with E-state index in [0.29, 0.717) is 17.1 Å². The number of rotatable bonds is 4. The van der Waals surface area contributed by atoms with Crippen molar-refractivity contribution in [2.45, 2.75) is 24.3 Å². The molecule has 0 aliphatic carbocycles. The first-order chi connectivity index (χ1) is 6.09. The lowest BCUT2D eigenvalue weighted by Gasteiger charge is -1.98. The fraction of sp³-hybridized carbons (Fsp3) is 0.750. The summed E-state index contributed by atoms with van der Waals surface area (Å²) in [4.78, 5) is 21.1. The SMILES string of the molecule is CC(=O)OC[C@H]1S[C@H]1CSC(C)=O. The van der Waals surface area contributed by atoms with Crippen molar-refractivity contribution in [3.63, 3.8) is 0 Å². The van der Waals surface area contributed by atoms with Gasteiger partial charge in [-0.15, -0.1) is 11.8 Å². The van der Waals surface area contributed by atoms with Gasteiger partial charge in [-0.2, -0.15) is 0 Å². The number of carbonyl (C=O) groups excluding carboxylic acids is 2. The van der Waals surface area contributed by atoms with Gasteiger partial charge in [0.05, 0.1) is 5.25 Å². The fourth-order valence-electron chi connectivity index (χ4n) is 0.871. The van der Waals surface area contributed by atoms with Crippen LogP contribution in [0.3, 0.4) is 0 Å². The largest absolute Gasteiger partial charge is 0.465 e. The summed E-state index contributed by atoms with van der Waals surface area (Å²) in [5.41, 5.74) is 0. The molecule has 5 heteroatoms. The Morgan fingerprint density at radius 2 is 2.08 bits per heavy atom. The summed E-state index contributed by atoms with van der Waals surface area (Å²) in [5.74, 6) is 0.608. The summed E-state index contributed by atoms with van der Waals surface area (Å²) >= 11 is 3.11. The molecule has 74 valence electrons. The first-order valence-corrected chi connectivity index (χ1v) is 5.94. The quantitative estimate of drug-likeness (QED) is 0.528. The Morgan fingerprint density at radius 3 is 2.62 bits per heavy atom. The van der Waals surface area contributed by atoms with Crippen LogP contribution < -0.4 is 0 Å². The van der Waals surface area contributed by atoms with E-state index in [1.165, 1.54) is 18.7 Å². The molecule has 1 fully saturated rings. The first kappa shape index (κ1) is 10.9. The molecule has 0 saturated carbocycles. The Labute approximate surface area is 86.0 Å². The van der Waals surface area contributed by atoms with E-state index in [1.807, 2.05) is 0 Å². The van der Waals surface area contributed by atoms with E-state index < -0.39 is 0 Å². The van der Waals surface area contributed by atoms with E-state index in [9.17, 15) is 9.59 Å². The number of thioether (sulfide) groups is 2. The van der Waals surface area contributed by atoms with E-state index in [4.69, 9.17) is 4.74 Å². The average Bonchev–Trinajstić information content (AvgIpc) is 2.76. The lowest BCUT2D eigenvalue weighted by atomic mass is 10.4. The minimum atomic E-state index is -0.231. The van der Waals surface area contributed by atoms with Gasteiger partial charge in [-0.05, 0) is 0 Å². The molecule has 0 N–H and O–H groups in total. The highest BCUT2D eigenvalue weighted by Crippen LogP contribution is 2.43. The van der Waals surface area contributed by atoms with Crippen molar-refractivity contribution >= 4 is 34.6 Å². The minimum absolute atomic E-state index is 0.152. The van der Waals surface area contributed by atoms with E-state index in [-0.39, 0.29) is 11.1 Å². The van der Waals surface area contributed by atoms with Crippen LogP contribution in [-0.4, -0.2) is 33.9 Å². The molecule has 0 aromatic carbocycles. The number of hydrogen-bond acceptors (Lipinski definition) is 5. The fourth-order valence-corrected chi connectivity index (χ4v) is 2.82. The predicted octanol–water partition coefficient (Wildman–Crippen LogP) is 1.31. The predicted molar refractivity (Wildman–Crippen MR) is 54.9 cm³/mol. The Balaban J connectivity index is 2.02. The molecule has 1 aliphatic rings. The molecule has 0 aromatic rings. The third-order valence-corrected chi connectivity index (χ3v) is 4.08. The second kappa shape index (κ2) is 4.91. The Morgan fingerprint density at radius 1 is 1.38 bits per heavy atom. The van der Waals surface area contributed by atoms with E-state index in [2.05, 4.69) is 0 Å². The van der Waals surface area contributed by atoms with Crippen LogP contribution in [0.25, 0.3) is 0 Å². The van der Waals surface area contributed by atoms with Crippen LogP contribution in [0.5, 0.6) is 0 Å². The van der Waals surface area contributed by atoms with Gasteiger partial charge in [0.2, 0.25) is 0 Å². The lowest BCUT2D eigenvalue weighted by Crippen LogP contribution is -2.09. The van der Waals surface area contributed by atoms with Gasteiger partial charge in [-0.25, -0.2) is 0 Å². The highest BCUT2D eigenvalue weighted by molar-refractivity contribution is 8.15. The molecule has 0 radical (unpaired) electrons. The van der Waals surface area contributed by atoms with Gasteiger partial charge >= 0.3 is 5.97 Å². The summed E-state index contributed by atoms with van der Waals surface area (Å²) in [6.45, 7) is 3.47. The molecule has 1 heterocycles. The van der Waals surface area contributed by atoms with Gasteiger partial charge in [0.15, 0.2) is 5.12 Å². The third kappa shape index (κ3) is 4.57. The van der Waals surface area contributed by atoms with Crippen molar-refractivity contribution in [2.24, 2.45) is 0 Å². The number of ether oxygens (including phenoxy) is 1. The van der Waals surface area contributed by atoms with Crippen molar-refractivity contribution in [3.8, 4) is 0 Å². The minimum Gasteiger partial charge on any atom is -0.465 e. The second-order valence-corrected chi connectivity index (χ2v) is 5.50. The van der Waals surface area contributed by atoms with E-state index in [1.54, 1.807) is 18.7 Å². The monoisotopic (exact) mass is 220 g/mol. The van der Waals surface area contributed by atoms with Crippen LogP contribution in [0.15, 0.2) is 0 Å². The molecule has 2 atom stereocenters. The number of hydrogen-bond donors (Lipinski definition) is 0. The van der Waals surface area contributed by atoms with Gasteiger partial charge in [-0.1, -0.05) is 11.8 Å². The van der Waals surface area contributed by atoms with Crippen molar-refractivity contribution in [2.75, 3.05) is 12.4 Å². The van der Waals surface area contributed by atoms with Crippen molar-refractivity contribution in [1.29, 1.82) is 0 Å². The van der Waals surface area contributed by atoms with Crippen molar-refractivity contribution in [1.82, 2.24) is 0 Å². The maximum absolute atomic E-state index is 10.6. The van der Waals surface area contributed by atoms with Crippen LogP contribution in [0.2, 0.25) is 0 Å². The summed E-state index contributed by atoms with van der Waals surface area (Å²) < 4.78 is 4.85. The molecule has 0 amide bonds. The smallest absolute Gasteiger partial charge is 0.302 e. The van der Waals surface area contributed by atoms with E-state index in [0.717, 1.165) is 5.75 Å². The normalized spacial score (nSPS) is 25.4. The lowest BCUT2D eigenvalue weighted by molar-refractivity contribution is -0.140. The molecule has 1 aliphatic heterocycles. The molecule has 13 heavy (non-hydrogen) atoms. The van der Waals surface area contributed by atoms with Gasteiger partial charge < -0.3 is 4.74 Å². The third-order valence-electron chi connectivity index (χ3n) is 1.59. The van der Waals surface area contributed by atoms with Crippen LogP contribution in [0.4, 0.5) is 0 Å². The van der Waals surface area contributed by atoms with Crippen LogP contribution in [-0.2, 0) is 14.3 Å². The molecule has 0 aromatic heterocycles. The molecule has 1 rings (SSSR count). The Hall–Kier alpha value is -0.160. The van der Waals surface area contributed by atoms with Crippen molar-refractivity contribution in [3.05, 3.63) is 0 Å². The number of esters is 1. The van der Waals surface area contributed by atoms with E-state index >= 15 is 0 Å². The maximum Gasteiger partial charge on any atom is 0.302 e. The van der Waals surface area contributed by atoms with Crippen LogP contribution in [0, 0.1) is 0 Å². The molecular formula is C8H12O3S2. The highest BCUT2D eigenvalue weighted by Gasteiger charge is 2.39. The summed E-state index contributed by atoms with van der Waals surface area (Å²) in [7, 11) is 0. The van der Waals surface area contributed by atoms with Gasteiger partial charge in [0.25, 0.3) is 0 Å². The maximum atomic E-state index is 10.6. The summed E-state index contributed by atoms with van der Waals surface area (Å²) in [5, 5.41) is 1.06. The zero-order valence-electron chi connectivity index (χ0n) is 7.61. The summed E-state index contributed by atoms with van der Waals surface area (Å²) in [6.07, 6.45) is 0. The molecule has 0 bridgehead atoms. The molecule has 3 nitrogen and oxygen atoms in total. The first-order valence-electron chi connectivity index (χ1n) is 4.02. The Kier molecular flexibility index (Phi) is 4.12. The second-order valence-electron chi connectivity index (χ2n) is 2.82. The average molecular weight is 220 g/mol. The summed E-state index contributed by atoms with van der Waals surface area (Å²) in [6, 6.07) is 0. The van der Waals surface area contributed by atoms with Crippen LogP contribution in [0.1, 0.15) is 13.8 Å². The van der Waals surface area contributed by atoms with Crippen molar-refractivity contribution < 1.29 is 14.3 Å². The molecule has 0 spiro atoms. The molecule has 1 saturated heterocycles. The zero-order valence-corrected chi connectivity index (χ0v) is 9.24. The number of carbonyl (C=O) groups is 2. The molecule has 0 unspecified atom stereocenters. The zero-order chi connectivity index (χ0) is 9.84. The topological polar surface area (TPSA) is 43.4 Å². The highest BCUT2D eigenvalue weighted by atomic mass is 32.2. The standard InChI is InChI=1S/C8H12O3S2/c1-5(9)11-3-7-8(13-7)4-12-6(2)10/h7-8H,3-4H2,1-2H3/t7-,8+/m1/s1. The molecular weight excluding hydrogens is 208 g/mol. The van der Waals surface area contributed by atoms with Gasteiger partial charge in [0, 0.05) is 24.9 Å².